The van der Waals surface area contributed by atoms with Gasteiger partial charge in [0.1, 0.15) is 0 Å². The largest absolute Gasteiger partial charge is 0.478 e. The van der Waals surface area contributed by atoms with E-state index in [9.17, 15) is 9.90 Å². The number of carbonyl (C=O) groups is 1. The van der Waals surface area contributed by atoms with Gasteiger partial charge in [0.2, 0.25) is 0 Å². The highest BCUT2D eigenvalue weighted by Gasteiger charge is 2.14. The van der Waals surface area contributed by atoms with Crippen LogP contribution in [0.1, 0.15) is 31.9 Å². The van der Waals surface area contributed by atoms with Crippen LogP contribution in [0.15, 0.2) is 83.0 Å². The van der Waals surface area contributed by atoms with Gasteiger partial charge in [0.05, 0.1) is 0 Å². The summed E-state index contributed by atoms with van der Waals surface area (Å²) in [4.78, 5) is 11.8. The van der Waals surface area contributed by atoms with E-state index in [1.54, 1.807) is 0 Å². The minimum Gasteiger partial charge on any atom is -0.478 e. The average Bonchev–Trinajstić information content (AvgIpc) is 2.60. The first-order chi connectivity index (χ1) is 11.5. The molecule has 0 aliphatic heterocycles. The molecule has 2 nitrogen and oxygen atoms in total. The number of rotatable bonds is 6. The third-order valence-corrected chi connectivity index (χ3v) is 4.45. The van der Waals surface area contributed by atoms with E-state index in [1.165, 1.54) is 11.1 Å². The molecule has 0 heterocycles. The molecule has 0 aromatic heterocycles. The minimum atomic E-state index is -0.844. The van der Waals surface area contributed by atoms with Crippen LogP contribution in [0.25, 0.3) is 0 Å². The van der Waals surface area contributed by atoms with Gasteiger partial charge < -0.3 is 5.11 Å². The van der Waals surface area contributed by atoms with E-state index in [1.807, 2.05) is 62.4 Å². The lowest BCUT2D eigenvalue weighted by Gasteiger charge is -2.13. The molecule has 124 valence electrons. The molecule has 2 aromatic rings. The van der Waals surface area contributed by atoms with Crippen LogP contribution >= 0.6 is 0 Å². The van der Waals surface area contributed by atoms with Crippen molar-refractivity contribution in [2.45, 2.75) is 33.6 Å². The van der Waals surface area contributed by atoms with Crippen molar-refractivity contribution >= 4 is 5.97 Å². The first-order valence-electron chi connectivity index (χ1n) is 8.16. The van der Waals surface area contributed by atoms with Crippen molar-refractivity contribution in [2.24, 2.45) is 0 Å². The molecule has 24 heavy (non-hydrogen) atoms. The Hall–Kier alpha value is -2.61. The van der Waals surface area contributed by atoms with Gasteiger partial charge in [-0.25, -0.2) is 4.79 Å². The summed E-state index contributed by atoms with van der Waals surface area (Å²) >= 11 is 0. The smallest absolute Gasteiger partial charge is 0.332 e. The van der Waals surface area contributed by atoms with Crippen molar-refractivity contribution < 1.29 is 9.90 Å². The maximum Gasteiger partial charge on any atom is 0.332 e. The van der Waals surface area contributed by atoms with Crippen LogP contribution in [0.5, 0.6) is 0 Å². The molecule has 0 fully saturated rings. The monoisotopic (exact) mass is 320 g/mol. The van der Waals surface area contributed by atoms with Crippen LogP contribution in [0.4, 0.5) is 0 Å². The molecule has 0 unspecified atom stereocenters. The van der Waals surface area contributed by atoms with Gasteiger partial charge in [0.25, 0.3) is 0 Å². The Morgan fingerprint density at radius 1 is 0.750 bits per heavy atom. The average molecular weight is 320 g/mol. The number of carboxylic acid groups (broad SMARTS) is 1. The van der Waals surface area contributed by atoms with Crippen LogP contribution in [0.2, 0.25) is 0 Å². The predicted molar refractivity (Wildman–Crippen MR) is 99.0 cm³/mol. The summed E-state index contributed by atoms with van der Waals surface area (Å²) in [6.45, 7) is 6.01. The number of hydrogen-bond donors (Lipinski definition) is 1. The van der Waals surface area contributed by atoms with E-state index in [0.29, 0.717) is 12.0 Å². The Morgan fingerprint density at radius 2 is 1.21 bits per heavy atom. The maximum absolute atomic E-state index is 11.8. The van der Waals surface area contributed by atoms with Crippen molar-refractivity contribution in [3.05, 3.63) is 94.1 Å². The third-order valence-electron chi connectivity index (χ3n) is 4.45. The quantitative estimate of drug-likeness (QED) is 0.586. The van der Waals surface area contributed by atoms with Gasteiger partial charge in [-0.1, -0.05) is 66.2 Å². The molecular formula is C22H24O2. The Balaban J connectivity index is 2.31. The Morgan fingerprint density at radius 3 is 1.67 bits per heavy atom. The summed E-state index contributed by atoms with van der Waals surface area (Å²) in [5, 5.41) is 9.64. The summed E-state index contributed by atoms with van der Waals surface area (Å²) in [7, 11) is 0. The van der Waals surface area contributed by atoms with Crippen molar-refractivity contribution in [3.8, 4) is 0 Å². The van der Waals surface area contributed by atoms with Crippen molar-refractivity contribution in [3.63, 3.8) is 0 Å². The van der Waals surface area contributed by atoms with Gasteiger partial charge in [-0.05, 0) is 49.5 Å². The van der Waals surface area contributed by atoms with Crippen LogP contribution in [-0.4, -0.2) is 11.1 Å². The Labute approximate surface area is 144 Å². The Bertz CT molecular complexity index is 753. The van der Waals surface area contributed by atoms with Gasteiger partial charge in [0, 0.05) is 12.0 Å². The maximum atomic E-state index is 11.8. The lowest BCUT2D eigenvalue weighted by Crippen LogP contribution is -2.08. The molecule has 1 N–H and O–H groups in total. The van der Waals surface area contributed by atoms with Gasteiger partial charge in [-0.3, -0.25) is 0 Å². The first-order valence-corrected chi connectivity index (χ1v) is 8.16. The Kier molecular flexibility index (Phi) is 6.14. The second kappa shape index (κ2) is 8.30. The molecule has 2 heteroatoms. The molecule has 2 aromatic carbocycles. The predicted octanol–water partition coefficient (Wildman–Crippen LogP) is 5.21. The zero-order chi connectivity index (χ0) is 17.5. The first kappa shape index (κ1) is 17.7. The van der Waals surface area contributed by atoms with Crippen molar-refractivity contribution in [1.82, 2.24) is 0 Å². The van der Waals surface area contributed by atoms with Gasteiger partial charge in [0.15, 0.2) is 0 Å². The molecule has 0 aliphatic rings. The molecule has 0 bridgehead atoms. The van der Waals surface area contributed by atoms with E-state index in [4.69, 9.17) is 0 Å². The highest BCUT2D eigenvalue weighted by atomic mass is 16.4. The summed E-state index contributed by atoms with van der Waals surface area (Å²) in [6.07, 6.45) is 1.28. The summed E-state index contributed by atoms with van der Waals surface area (Å²) in [5.41, 5.74) is 5.84. The molecule has 2 rings (SSSR count). The second-order valence-electron chi connectivity index (χ2n) is 6.14. The lowest BCUT2D eigenvalue weighted by atomic mass is 9.92. The molecular weight excluding hydrogens is 296 g/mol. The summed E-state index contributed by atoms with van der Waals surface area (Å²) in [5.74, 6) is -0.844. The van der Waals surface area contributed by atoms with Gasteiger partial charge >= 0.3 is 5.97 Å². The number of benzene rings is 2. The molecule has 0 atom stereocenters. The van der Waals surface area contributed by atoms with Gasteiger partial charge in [-0.2, -0.15) is 0 Å². The number of aliphatic carboxylic acids is 1. The van der Waals surface area contributed by atoms with Crippen molar-refractivity contribution in [1.29, 1.82) is 0 Å². The molecule has 0 spiro atoms. The zero-order valence-electron chi connectivity index (χ0n) is 14.5. The third kappa shape index (κ3) is 4.69. The fraction of sp³-hybridized carbons (Fsp3) is 0.227. The van der Waals surface area contributed by atoms with Crippen LogP contribution in [0, 0.1) is 0 Å². The number of allylic oxidation sites excluding steroid dienone is 3. The standard InChI is InChI=1S/C22H24O2/c1-16(14-19-10-6-4-7-11-19)17(2)18(3)21(22(23)24)15-20-12-8-5-9-13-20/h4-13H,14-15H2,1-3H3,(H,23,24)/b17-16-,21-18+. The lowest BCUT2D eigenvalue weighted by molar-refractivity contribution is -0.132. The summed E-state index contributed by atoms with van der Waals surface area (Å²) < 4.78 is 0. The van der Waals surface area contributed by atoms with E-state index in [-0.39, 0.29) is 0 Å². The number of hydrogen-bond acceptors (Lipinski definition) is 1. The van der Waals surface area contributed by atoms with Gasteiger partial charge in [-0.15, -0.1) is 0 Å². The normalized spacial score (nSPS) is 13.1. The fourth-order valence-corrected chi connectivity index (χ4v) is 2.75. The van der Waals surface area contributed by atoms with Crippen molar-refractivity contribution in [2.75, 3.05) is 0 Å². The van der Waals surface area contributed by atoms with Crippen LogP contribution in [0.3, 0.4) is 0 Å². The minimum absolute atomic E-state index is 0.442. The molecule has 0 saturated heterocycles. The highest BCUT2D eigenvalue weighted by Crippen LogP contribution is 2.23. The topological polar surface area (TPSA) is 37.3 Å². The zero-order valence-corrected chi connectivity index (χ0v) is 14.5. The fourth-order valence-electron chi connectivity index (χ4n) is 2.75. The molecule has 0 saturated carbocycles. The SMILES string of the molecule is C/C(Cc1ccccc1)=C(C)/C(C)=C(\Cc1ccccc1)C(=O)O. The molecule has 0 radical (unpaired) electrons. The summed E-state index contributed by atoms with van der Waals surface area (Å²) in [6, 6.07) is 20.0. The van der Waals surface area contributed by atoms with Crippen LogP contribution in [-0.2, 0) is 17.6 Å². The van der Waals surface area contributed by atoms with E-state index >= 15 is 0 Å². The molecule has 0 amide bonds. The van der Waals surface area contributed by atoms with E-state index in [0.717, 1.165) is 23.1 Å². The molecule has 0 aliphatic carbocycles. The highest BCUT2D eigenvalue weighted by molar-refractivity contribution is 5.89. The second-order valence-corrected chi connectivity index (χ2v) is 6.14. The number of carboxylic acids is 1. The van der Waals surface area contributed by atoms with E-state index in [2.05, 4.69) is 19.1 Å². The van der Waals surface area contributed by atoms with E-state index < -0.39 is 5.97 Å². The van der Waals surface area contributed by atoms with Crippen LogP contribution < -0.4 is 0 Å².